The summed E-state index contributed by atoms with van der Waals surface area (Å²) in [6, 6.07) is 3.43. The Kier molecular flexibility index (Phi) is 5.08. The summed E-state index contributed by atoms with van der Waals surface area (Å²) in [6.45, 7) is 5.50. The van der Waals surface area contributed by atoms with Crippen LogP contribution >= 0.6 is 0 Å². The summed E-state index contributed by atoms with van der Waals surface area (Å²) in [5, 5.41) is 8.29. The van der Waals surface area contributed by atoms with Gasteiger partial charge in [0.2, 0.25) is 5.88 Å². The Morgan fingerprint density at radius 3 is 3.12 bits per heavy atom. The lowest BCUT2D eigenvalue weighted by Crippen LogP contribution is -2.40. The van der Waals surface area contributed by atoms with Gasteiger partial charge in [-0.05, 0) is 12.1 Å². The van der Waals surface area contributed by atoms with Gasteiger partial charge < -0.3 is 14.4 Å². The topological polar surface area (TPSA) is 82.4 Å². The Morgan fingerprint density at radius 1 is 1.52 bits per heavy atom. The van der Waals surface area contributed by atoms with Crippen LogP contribution in [0.5, 0.6) is 5.88 Å². The molecule has 0 fully saturated rings. The van der Waals surface area contributed by atoms with Gasteiger partial charge in [0, 0.05) is 25.7 Å². The van der Waals surface area contributed by atoms with E-state index in [1.165, 1.54) is 7.11 Å². The molecule has 2 aromatic rings. The highest BCUT2D eigenvalue weighted by molar-refractivity contribution is 5.96. The molecule has 0 N–H and O–H groups in total. The molecule has 2 aromatic heterocycles. The van der Waals surface area contributed by atoms with Crippen LogP contribution in [0, 0.1) is 0 Å². The quantitative estimate of drug-likeness (QED) is 0.578. The first-order valence-corrected chi connectivity index (χ1v) is 8.01. The minimum Gasteiger partial charge on any atom is -0.480 e. The van der Waals surface area contributed by atoms with E-state index in [4.69, 9.17) is 9.47 Å². The molecule has 0 aliphatic carbocycles. The van der Waals surface area contributed by atoms with Crippen LogP contribution in [0.1, 0.15) is 27.7 Å². The molecule has 0 spiro atoms. The molecule has 132 valence electrons. The second kappa shape index (κ2) is 7.43. The van der Waals surface area contributed by atoms with Gasteiger partial charge in [0.1, 0.15) is 11.3 Å². The molecule has 3 heterocycles. The van der Waals surface area contributed by atoms with E-state index in [9.17, 15) is 4.79 Å². The summed E-state index contributed by atoms with van der Waals surface area (Å²) in [7, 11) is 3.36. The summed E-state index contributed by atoms with van der Waals surface area (Å²) < 4.78 is 12.6. The van der Waals surface area contributed by atoms with Crippen molar-refractivity contribution in [3.8, 4) is 5.88 Å². The van der Waals surface area contributed by atoms with Gasteiger partial charge in [-0.1, -0.05) is 11.3 Å². The van der Waals surface area contributed by atoms with E-state index < -0.39 is 0 Å². The molecule has 0 saturated carbocycles. The number of aromatic nitrogens is 4. The highest BCUT2D eigenvalue weighted by Crippen LogP contribution is 2.29. The molecule has 8 heteroatoms. The third-order valence-electron chi connectivity index (χ3n) is 4.15. The number of fused-ring (bicyclic) bond motifs is 1. The summed E-state index contributed by atoms with van der Waals surface area (Å²) in [4.78, 5) is 18.8. The highest BCUT2D eigenvalue weighted by atomic mass is 16.5. The minimum absolute atomic E-state index is 0.00434. The maximum atomic E-state index is 13.0. The largest absolute Gasteiger partial charge is 0.480 e. The van der Waals surface area contributed by atoms with Gasteiger partial charge in [-0.15, -0.1) is 11.7 Å². The average molecular weight is 343 g/mol. The summed E-state index contributed by atoms with van der Waals surface area (Å²) >= 11 is 0. The first-order chi connectivity index (χ1) is 12.2. The molecule has 0 bridgehead atoms. The van der Waals surface area contributed by atoms with E-state index >= 15 is 0 Å². The number of ether oxygens (including phenoxy) is 2. The van der Waals surface area contributed by atoms with E-state index in [1.54, 1.807) is 34.0 Å². The molecule has 1 aliphatic rings. The number of nitrogens with zero attached hydrogens (tertiary/aromatic N) is 5. The lowest BCUT2D eigenvalue weighted by Gasteiger charge is -2.32. The molecule has 1 unspecified atom stereocenters. The van der Waals surface area contributed by atoms with E-state index in [0.717, 1.165) is 11.4 Å². The zero-order valence-electron chi connectivity index (χ0n) is 14.4. The van der Waals surface area contributed by atoms with Crippen LogP contribution in [-0.4, -0.2) is 57.7 Å². The second-order valence-corrected chi connectivity index (χ2v) is 5.81. The van der Waals surface area contributed by atoms with Crippen LogP contribution in [0.25, 0.3) is 0 Å². The molecule has 1 aliphatic heterocycles. The fourth-order valence-electron chi connectivity index (χ4n) is 3.08. The second-order valence-electron chi connectivity index (χ2n) is 5.81. The first-order valence-electron chi connectivity index (χ1n) is 8.01. The predicted molar refractivity (Wildman–Crippen MR) is 90.3 cm³/mol. The number of methoxy groups -OCH3 is 1. The third-order valence-corrected chi connectivity index (χ3v) is 4.15. The Hall–Kier alpha value is -2.74. The number of amides is 1. The van der Waals surface area contributed by atoms with Crippen molar-refractivity contribution in [1.29, 1.82) is 0 Å². The van der Waals surface area contributed by atoms with E-state index in [2.05, 4.69) is 21.9 Å². The summed E-state index contributed by atoms with van der Waals surface area (Å²) in [5.41, 5.74) is 2.23. The Labute approximate surface area is 146 Å². The van der Waals surface area contributed by atoms with Crippen molar-refractivity contribution in [2.75, 3.05) is 26.9 Å². The SMILES string of the molecule is C=CCOCC1CN(C(=O)c2cccnc2OC)Cc2nnn(C)c21. The number of hydrogen-bond donors (Lipinski definition) is 0. The zero-order valence-corrected chi connectivity index (χ0v) is 14.4. The lowest BCUT2D eigenvalue weighted by molar-refractivity contribution is 0.0652. The number of aryl methyl sites for hydroxylation is 1. The smallest absolute Gasteiger partial charge is 0.259 e. The number of hydrogen-bond acceptors (Lipinski definition) is 6. The summed E-state index contributed by atoms with van der Waals surface area (Å²) in [6.07, 6.45) is 3.30. The number of pyridine rings is 1. The lowest BCUT2D eigenvalue weighted by atomic mass is 9.98. The van der Waals surface area contributed by atoms with Crippen molar-refractivity contribution in [1.82, 2.24) is 24.9 Å². The molecule has 0 aromatic carbocycles. The van der Waals surface area contributed by atoms with Crippen LogP contribution in [0.15, 0.2) is 31.0 Å². The maximum absolute atomic E-state index is 13.0. The highest BCUT2D eigenvalue weighted by Gasteiger charge is 2.33. The van der Waals surface area contributed by atoms with E-state index in [1.807, 2.05) is 7.05 Å². The van der Waals surface area contributed by atoms with Crippen LogP contribution < -0.4 is 4.74 Å². The van der Waals surface area contributed by atoms with Crippen molar-refractivity contribution in [3.63, 3.8) is 0 Å². The van der Waals surface area contributed by atoms with E-state index in [-0.39, 0.29) is 11.8 Å². The molecule has 1 atom stereocenters. The number of carbonyl (C=O) groups excluding carboxylic acids is 1. The summed E-state index contributed by atoms with van der Waals surface area (Å²) in [5.74, 6) is 0.169. The molecule has 0 radical (unpaired) electrons. The van der Waals surface area contributed by atoms with Gasteiger partial charge in [0.25, 0.3) is 5.91 Å². The Morgan fingerprint density at radius 2 is 2.36 bits per heavy atom. The van der Waals surface area contributed by atoms with Crippen molar-refractivity contribution in [2.24, 2.45) is 7.05 Å². The number of carbonyl (C=O) groups is 1. The molecular weight excluding hydrogens is 322 g/mol. The van der Waals surface area contributed by atoms with Crippen LogP contribution in [0.4, 0.5) is 0 Å². The maximum Gasteiger partial charge on any atom is 0.259 e. The predicted octanol–water partition coefficient (Wildman–Crippen LogP) is 1.16. The van der Waals surface area contributed by atoms with Crippen molar-refractivity contribution in [3.05, 3.63) is 47.9 Å². The van der Waals surface area contributed by atoms with E-state index in [0.29, 0.717) is 37.7 Å². The molecule has 25 heavy (non-hydrogen) atoms. The van der Waals surface area contributed by atoms with Crippen molar-refractivity contribution < 1.29 is 14.3 Å². The van der Waals surface area contributed by atoms with Crippen LogP contribution in [0.3, 0.4) is 0 Å². The molecule has 0 saturated heterocycles. The average Bonchev–Trinajstić information content (AvgIpc) is 3.02. The van der Waals surface area contributed by atoms with Crippen molar-refractivity contribution in [2.45, 2.75) is 12.5 Å². The number of rotatable bonds is 6. The van der Waals surface area contributed by atoms with Gasteiger partial charge >= 0.3 is 0 Å². The first kappa shape index (κ1) is 17.1. The monoisotopic (exact) mass is 343 g/mol. The molecule has 1 amide bonds. The van der Waals surface area contributed by atoms with Crippen LogP contribution in [0.2, 0.25) is 0 Å². The third kappa shape index (κ3) is 3.39. The van der Waals surface area contributed by atoms with Gasteiger partial charge in [-0.25, -0.2) is 4.98 Å². The van der Waals surface area contributed by atoms with Crippen LogP contribution in [-0.2, 0) is 18.3 Å². The molecule has 8 nitrogen and oxygen atoms in total. The normalized spacial score (nSPS) is 16.4. The minimum atomic E-state index is -0.144. The fraction of sp³-hybridized carbons (Fsp3) is 0.412. The fourth-order valence-corrected chi connectivity index (χ4v) is 3.08. The molecular formula is C17H21N5O3. The Balaban J connectivity index is 1.86. The van der Waals surface area contributed by atoms with Gasteiger partial charge in [-0.3, -0.25) is 9.48 Å². The van der Waals surface area contributed by atoms with Gasteiger partial charge in [0.05, 0.1) is 32.6 Å². The van der Waals surface area contributed by atoms with Gasteiger partial charge in [0.15, 0.2) is 0 Å². The molecule has 3 rings (SSSR count). The Bertz CT molecular complexity index is 773. The standard InChI is InChI=1S/C17H21N5O3/c1-4-8-25-11-12-9-22(10-14-15(12)21(2)20-19-14)17(23)13-6-5-7-18-16(13)24-3/h4-7,12H,1,8-11H2,2-3H3. The van der Waals surface area contributed by atoms with Gasteiger partial charge in [-0.2, -0.15) is 0 Å². The van der Waals surface area contributed by atoms with Crippen molar-refractivity contribution >= 4 is 5.91 Å². The zero-order chi connectivity index (χ0) is 17.8.